The van der Waals surface area contributed by atoms with Crippen LogP contribution >= 0.6 is 0 Å². The Morgan fingerprint density at radius 3 is 2.08 bits per heavy atom. The lowest BCUT2D eigenvalue weighted by atomic mass is 9.76. The number of rotatable bonds is 28. The number of benzene rings is 4. The first kappa shape index (κ1) is 70.0. The first-order chi connectivity index (χ1) is 42.4. The van der Waals surface area contributed by atoms with Crippen molar-refractivity contribution >= 4 is 75.6 Å². The fourth-order valence-corrected chi connectivity index (χ4v) is 11.3. The number of fused-ring (bicyclic) bond motifs is 3. The molecule has 5 atom stereocenters. The smallest absolute Gasteiger partial charge is 0.331 e. The van der Waals surface area contributed by atoms with Crippen LogP contribution in [0.25, 0.3) is 10.9 Å². The lowest BCUT2D eigenvalue weighted by Gasteiger charge is -2.39. The van der Waals surface area contributed by atoms with Gasteiger partial charge in [0.05, 0.1) is 36.8 Å². The van der Waals surface area contributed by atoms with E-state index in [2.05, 4.69) is 38.4 Å². The molecule has 1 unspecified atom stereocenters. The molecule has 4 aromatic carbocycles. The second kappa shape index (κ2) is 30.9. The minimum Gasteiger partial charge on any atom is -0.478 e. The van der Waals surface area contributed by atoms with Crippen LogP contribution in [0.4, 0.5) is 16.2 Å². The number of esters is 1. The Balaban J connectivity index is 1.07. The number of aryl methyl sites for hydroxylation is 1. The number of primary amides is 1. The topological polar surface area (TPSA) is 281 Å². The number of ketones is 1. The summed E-state index contributed by atoms with van der Waals surface area (Å²) >= 11 is 0. The predicted octanol–water partition coefficient (Wildman–Crippen LogP) is 8.20. The summed E-state index contributed by atoms with van der Waals surface area (Å²) in [5.41, 5.74) is 10.2. The standard InChI is InChI=1S/C70H89N9O11/c1-42(2)56(35-44(5)67(87)88)78(13)66(86)63(69(6,7)8)76-65(85)62(72-11)70(9,10)53-40-77(12)55-31-26-46(36-52(53)55)37-60(83)90-41-45-24-29-51(30-25-45)74-64(84)49(22-18-34-73-68(71)89)38-57(80)61(43(3)4)75-58(81)32-33-59(82)79-39-50-21-15-14-19-47(50)27-28-48-20-16-17-23-54(48)79/h14-17,19-21,23-26,29-31,35-36,40,42-43,49,56,61-63,72H,18,22,32-34,37-39,41H2,1-13H3,(H,74,84)(H,75,81)(H,76,85)(H,87,88)(H3,71,73,89)/b44-35+/t49-,56-,61+,62?,63-/m1/s1. The fraction of sp³-hybridized carbons (Fsp3) is 0.443. The van der Waals surface area contributed by atoms with E-state index in [0.29, 0.717) is 34.5 Å². The Morgan fingerprint density at radius 1 is 0.800 bits per heavy atom. The second-order valence-electron chi connectivity index (χ2n) is 25.6. The van der Waals surface area contributed by atoms with Crippen LogP contribution in [0, 0.1) is 35.0 Å². The summed E-state index contributed by atoms with van der Waals surface area (Å²) in [7, 11) is 5.21. The number of carboxylic acid groups (broad SMARTS) is 1. The van der Waals surface area contributed by atoms with Crippen molar-refractivity contribution in [2.45, 2.75) is 150 Å². The first-order valence-corrected chi connectivity index (χ1v) is 30.6. The molecule has 2 heterocycles. The Morgan fingerprint density at radius 2 is 1.44 bits per heavy atom. The van der Waals surface area contributed by atoms with E-state index in [-0.39, 0.29) is 86.8 Å². The van der Waals surface area contributed by atoms with Gasteiger partial charge in [-0.25, -0.2) is 9.59 Å². The zero-order valence-corrected chi connectivity index (χ0v) is 54.2. The Hall–Kier alpha value is -9.09. The maximum absolute atomic E-state index is 14.5. The summed E-state index contributed by atoms with van der Waals surface area (Å²) in [6.07, 6.45) is 3.43. The van der Waals surface area contributed by atoms with E-state index < -0.39 is 76.6 Å². The Kier molecular flexibility index (Phi) is 24.0. The van der Waals surface area contributed by atoms with E-state index in [1.807, 2.05) is 133 Å². The van der Waals surface area contributed by atoms with Gasteiger partial charge in [0.25, 0.3) is 0 Å². The number of para-hydroxylation sites is 1. The van der Waals surface area contributed by atoms with Crippen LogP contribution < -0.4 is 37.2 Å². The number of ether oxygens (including phenoxy) is 1. The molecule has 6 rings (SSSR count). The van der Waals surface area contributed by atoms with E-state index in [1.54, 1.807) is 63.2 Å². The monoisotopic (exact) mass is 1230 g/mol. The first-order valence-electron chi connectivity index (χ1n) is 30.6. The third kappa shape index (κ3) is 18.3. The molecule has 0 spiro atoms. The SMILES string of the molecule is CNC(C(=O)N[C@H](C(=O)N(C)[C@H](/C=C(\C)C(=O)O)C(C)C)C(C)(C)C)C(C)(C)c1cn(C)c2ccc(CC(=O)OCc3ccc(NC(=O)[C@H](CCCNC(N)=O)CC(=O)[C@@H](NC(=O)CCC(=O)N4Cc5ccccc5C#Cc5ccccc54)C(C)C)cc3)cc12. The summed E-state index contributed by atoms with van der Waals surface area (Å²) in [5.74, 6) is 1.07. The molecule has 0 saturated heterocycles. The van der Waals surface area contributed by atoms with Crippen molar-refractivity contribution in [2.75, 3.05) is 30.9 Å². The number of hydrogen-bond donors (Lipinski definition) is 7. The lowest BCUT2D eigenvalue weighted by molar-refractivity contribution is -0.144. The number of aliphatic carboxylic acids is 1. The number of carboxylic acids is 1. The molecule has 5 aromatic rings. The Bertz CT molecular complexity index is 3570. The van der Waals surface area contributed by atoms with Crippen LogP contribution in [0.1, 0.15) is 135 Å². The molecule has 0 saturated carbocycles. The molecule has 20 heteroatoms. The molecule has 0 fully saturated rings. The van der Waals surface area contributed by atoms with Gasteiger partial charge in [-0.1, -0.05) is 129 Å². The number of likely N-dealkylation sites (N-methyl/N-ethyl adjacent to an activating group) is 2. The van der Waals surface area contributed by atoms with Crippen molar-refractivity contribution in [2.24, 2.45) is 36.0 Å². The van der Waals surface area contributed by atoms with Gasteiger partial charge >= 0.3 is 18.0 Å². The number of hydrogen-bond acceptors (Lipinski definition) is 11. The van der Waals surface area contributed by atoms with Gasteiger partial charge in [0.15, 0.2) is 5.78 Å². The summed E-state index contributed by atoms with van der Waals surface area (Å²) in [6, 6.07) is 23.3. The predicted molar refractivity (Wildman–Crippen MR) is 348 cm³/mol. The number of carbonyl (C=O) groups is 9. The highest BCUT2D eigenvalue weighted by Crippen LogP contribution is 2.36. The van der Waals surface area contributed by atoms with Gasteiger partial charge in [0, 0.05) is 90.7 Å². The summed E-state index contributed by atoms with van der Waals surface area (Å²) in [6.45, 7) is 18.7. The van der Waals surface area contributed by atoms with Crippen molar-refractivity contribution in [3.63, 3.8) is 0 Å². The lowest BCUT2D eigenvalue weighted by Crippen LogP contribution is -2.61. The second-order valence-corrected chi connectivity index (χ2v) is 25.6. The van der Waals surface area contributed by atoms with Crippen molar-refractivity contribution in [1.29, 1.82) is 0 Å². The molecule has 1 aliphatic rings. The normalized spacial score (nSPS) is 14.0. The van der Waals surface area contributed by atoms with Gasteiger partial charge in [-0.2, -0.15) is 0 Å². The van der Waals surface area contributed by atoms with Crippen LogP contribution in [0.2, 0.25) is 0 Å². The number of nitrogens with one attached hydrogen (secondary N) is 5. The molecule has 20 nitrogen and oxygen atoms in total. The van der Waals surface area contributed by atoms with Gasteiger partial charge in [0.2, 0.25) is 29.5 Å². The highest BCUT2D eigenvalue weighted by atomic mass is 16.5. The number of anilines is 2. The summed E-state index contributed by atoms with van der Waals surface area (Å²) in [4.78, 5) is 124. The molecule has 1 aromatic heterocycles. The number of nitrogens with zero attached hydrogens (tertiary/aromatic N) is 3. The van der Waals surface area contributed by atoms with E-state index in [9.17, 15) is 48.3 Å². The van der Waals surface area contributed by atoms with Crippen LogP contribution in [0.15, 0.2) is 109 Å². The zero-order valence-electron chi connectivity index (χ0n) is 54.2. The third-order valence-electron chi connectivity index (χ3n) is 16.5. The largest absolute Gasteiger partial charge is 0.478 e. The van der Waals surface area contributed by atoms with Crippen molar-refractivity contribution < 1.29 is 53.0 Å². The molecule has 0 aliphatic carbocycles. The number of amides is 7. The summed E-state index contributed by atoms with van der Waals surface area (Å²) < 4.78 is 7.69. The maximum atomic E-state index is 14.5. The molecule has 480 valence electrons. The minimum absolute atomic E-state index is 0.0628. The van der Waals surface area contributed by atoms with Gasteiger partial charge in [-0.3, -0.25) is 33.6 Å². The average Bonchev–Trinajstić information content (AvgIpc) is 1.57. The van der Waals surface area contributed by atoms with Crippen LogP contribution in [0.5, 0.6) is 0 Å². The Labute approximate surface area is 528 Å². The molecular weight excluding hydrogens is 1140 g/mol. The van der Waals surface area contributed by atoms with Gasteiger partial charge in [0.1, 0.15) is 12.6 Å². The molecule has 8 N–H and O–H groups in total. The molecule has 90 heavy (non-hydrogen) atoms. The quantitative estimate of drug-likeness (QED) is 0.0108. The van der Waals surface area contributed by atoms with Crippen LogP contribution in [0.3, 0.4) is 0 Å². The number of Topliss-reactive ketones (excluding diaryl/α,β-unsaturated/α-hetero) is 1. The van der Waals surface area contributed by atoms with Crippen molar-refractivity contribution in [3.8, 4) is 11.8 Å². The summed E-state index contributed by atoms with van der Waals surface area (Å²) in [5, 5.41) is 24.9. The number of carbonyl (C=O) groups excluding carboxylic acids is 8. The van der Waals surface area contributed by atoms with E-state index in [4.69, 9.17) is 10.5 Å². The molecule has 0 bridgehead atoms. The molecule has 7 amide bonds. The molecular formula is C70H89N9O11. The van der Waals surface area contributed by atoms with E-state index in [1.165, 1.54) is 11.8 Å². The molecule has 0 radical (unpaired) electrons. The highest BCUT2D eigenvalue weighted by Gasteiger charge is 2.43. The van der Waals surface area contributed by atoms with Gasteiger partial charge in [-0.15, -0.1) is 0 Å². The van der Waals surface area contributed by atoms with Crippen molar-refractivity contribution in [1.82, 2.24) is 30.7 Å². The van der Waals surface area contributed by atoms with Crippen molar-refractivity contribution in [3.05, 3.63) is 142 Å². The average molecular weight is 1230 g/mol. The maximum Gasteiger partial charge on any atom is 0.331 e. The van der Waals surface area contributed by atoms with Crippen LogP contribution in [-0.4, -0.2) is 113 Å². The number of nitrogens with two attached hydrogens (primary N) is 1. The fourth-order valence-electron chi connectivity index (χ4n) is 11.3. The molecule has 1 aliphatic heterocycles. The number of aromatic nitrogens is 1. The number of urea groups is 1. The van der Waals surface area contributed by atoms with E-state index in [0.717, 1.165) is 27.6 Å². The van der Waals surface area contributed by atoms with Gasteiger partial charge in [-0.05, 0) is 109 Å². The minimum atomic E-state index is -1.08. The zero-order chi connectivity index (χ0) is 66.4. The van der Waals surface area contributed by atoms with E-state index >= 15 is 0 Å². The third-order valence-corrected chi connectivity index (χ3v) is 16.5. The van der Waals surface area contributed by atoms with Gasteiger partial charge < -0.3 is 56.5 Å². The highest BCUT2D eigenvalue weighted by molar-refractivity contribution is 6.00. The van der Waals surface area contributed by atoms with Crippen LogP contribution in [-0.2, 0) is 75.1 Å².